The Morgan fingerprint density at radius 2 is 1.96 bits per heavy atom. The first-order valence-corrected chi connectivity index (χ1v) is 7.29. The molecule has 124 valence electrons. The molecular weight excluding hydrogens is 296 g/mol. The number of hydrogen-bond donors (Lipinski definition) is 3. The van der Waals surface area contributed by atoms with Crippen LogP contribution in [0.5, 0.6) is 0 Å². The quantitative estimate of drug-likeness (QED) is 0.213. The van der Waals surface area contributed by atoms with E-state index >= 15 is 0 Å². The minimum absolute atomic E-state index is 0.166. The number of rotatable bonds is 9. The van der Waals surface area contributed by atoms with Crippen molar-refractivity contribution in [1.82, 2.24) is 10.8 Å². The fourth-order valence-corrected chi connectivity index (χ4v) is 1.78. The number of allylic oxidation sites excluding steroid dienone is 2. The van der Waals surface area contributed by atoms with E-state index in [1.54, 1.807) is 19.3 Å². The van der Waals surface area contributed by atoms with Crippen LogP contribution >= 0.6 is 0 Å². The average molecular weight is 318 g/mol. The summed E-state index contributed by atoms with van der Waals surface area (Å²) in [5, 5.41) is 11.0. The summed E-state index contributed by atoms with van der Waals surface area (Å²) in [6, 6.07) is 7.93. The second-order valence-electron chi connectivity index (χ2n) is 4.82. The molecule has 3 N–H and O–H groups in total. The van der Waals surface area contributed by atoms with Gasteiger partial charge in [0.1, 0.15) is 0 Å². The zero-order valence-corrected chi connectivity index (χ0v) is 13.1. The Labute approximate surface area is 135 Å². The molecule has 6 heteroatoms. The number of nitrogens with one attached hydrogen (secondary N) is 2. The lowest BCUT2D eigenvalue weighted by Gasteiger charge is -2.00. The molecule has 23 heavy (non-hydrogen) atoms. The third kappa shape index (κ3) is 8.55. The maximum absolute atomic E-state index is 11.5. The molecule has 0 spiro atoms. The maximum atomic E-state index is 11.5. The highest BCUT2D eigenvalue weighted by Gasteiger charge is 1.99. The molecule has 0 unspecified atom stereocenters. The zero-order chi connectivity index (χ0) is 16.9. The van der Waals surface area contributed by atoms with Crippen molar-refractivity contribution in [2.75, 3.05) is 13.7 Å². The third-order valence-corrected chi connectivity index (χ3v) is 2.94. The Kier molecular flexibility index (Phi) is 9.04. The monoisotopic (exact) mass is 318 g/mol. The number of ether oxygens (including phenoxy) is 1. The SMILES string of the molecule is COCc1ccc(/C=C/C=C/C(=O)NCCCC(=O)NO)cc1. The topological polar surface area (TPSA) is 87.7 Å². The summed E-state index contributed by atoms with van der Waals surface area (Å²) in [4.78, 5) is 22.2. The van der Waals surface area contributed by atoms with E-state index in [-0.39, 0.29) is 12.3 Å². The number of benzene rings is 1. The van der Waals surface area contributed by atoms with Gasteiger partial charge in [0.25, 0.3) is 0 Å². The van der Waals surface area contributed by atoms with Crippen molar-refractivity contribution >= 4 is 17.9 Å². The minimum Gasteiger partial charge on any atom is -0.380 e. The molecule has 0 bridgehead atoms. The highest BCUT2D eigenvalue weighted by Crippen LogP contribution is 2.07. The second kappa shape index (κ2) is 11.2. The van der Waals surface area contributed by atoms with Gasteiger partial charge in [-0.2, -0.15) is 0 Å². The molecule has 0 radical (unpaired) electrons. The van der Waals surface area contributed by atoms with Gasteiger partial charge in [0.05, 0.1) is 6.61 Å². The highest BCUT2D eigenvalue weighted by molar-refractivity contribution is 5.87. The van der Waals surface area contributed by atoms with E-state index in [0.29, 0.717) is 19.6 Å². The molecule has 0 aromatic heterocycles. The van der Waals surface area contributed by atoms with Crippen LogP contribution in [0.1, 0.15) is 24.0 Å². The van der Waals surface area contributed by atoms with E-state index in [0.717, 1.165) is 11.1 Å². The Morgan fingerprint density at radius 1 is 1.22 bits per heavy atom. The van der Waals surface area contributed by atoms with Gasteiger partial charge in [-0.1, -0.05) is 42.5 Å². The van der Waals surface area contributed by atoms with Gasteiger partial charge in [-0.3, -0.25) is 14.8 Å². The van der Waals surface area contributed by atoms with Crippen molar-refractivity contribution in [2.45, 2.75) is 19.4 Å². The van der Waals surface area contributed by atoms with E-state index in [4.69, 9.17) is 9.94 Å². The summed E-state index contributed by atoms with van der Waals surface area (Å²) in [5.74, 6) is -0.691. The number of methoxy groups -OCH3 is 1. The van der Waals surface area contributed by atoms with Gasteiger partial charge >= 0.3 is 0 Å². The lowest BCUT2D eigenvalue weighted by molar-refractivity contribution is -0.129. The average Bonchev–Trinajstić information content (AvgIpc) is 2.57. The molecule has 0 aliphatic carbocycles. The first-order valence-electron chi connectivity index (χ1n) is 7.29. The Bertz CT molecular complexity index is 550. The van der Waals surface area contributed by atoms with Crippen LogP contribution < -0.4 is 10.8 Å². The van der Waals surface area contributed by atoms with E-state index in [2.05, 4.69) is 5.32 Å². The molecule has 6 nitrogen and oxygen atoms in total. The van der Waals surface area contributed by atoms with Crippen molar-refractivity contribution in [1.29, 1.82) is 0 Å². The zero-order valence-electron chi connectivity index (χ0n) is 13.1. The molecule has 0 heterocycles. The largest absolute Gasteiger partial charge is 0.380 e. The molecule has 0 saturated carbocycles. The summed E-state index contributed by atoms with van der Waals surface area (Å²) in [6.45, 7) is 0.964. The predicted octanol–water partition coefficient (Wildman–Crippen LogP) is 1.80. The van der Waals surface area contributed by atoms with E-state index in [9.17, 15) is 9.59 Å². The molecule has 0 atom stereocenters. The highest BCUT2D eigenvalue weighted by atomic mass is 16.5. The van der Waals surface area contributed by atoms with Crippen molar-refractivity contribution in [3.05, 3.63) is 53.6 Å². The van der Waals surface area contributed by atoms with E-state index in [1.807, 2.05) is 30.3 Å². The lowest BCUT2D eigenvalue weighted by atomic mass is 10.1. The minimum atomic E-state index is -0.464. The van der Waals surface area contributed by atoms with Gasteiger partial charge < -0.3 is 10.1 Å². The fourth-order valence-electron chi connectivity index (χ4n) is 1.78. The van der Waals surface area contributed by atoms with Crippen molar-refractivity contribution in [2.24, 2.45) is 0 Å². The van der Waals surface area contributed by atoms with Crippen LogP contribution in [0.3, 0.4) is 0 Å². The summed E-state index contributed by atoms with van der Waals surface area (Å²) < 4.78 is 5.04. The molecule has 2 amide bonds. The first kappa shape index (κ1) is 18.6. The Balaban J connectivity index is 2.28. The van der Waals surface area contributed by atoms with Crippen molar-refractivity contribution in [3.63, 3.8) is 0 Å². The van der Waals surface area contributed by atoms with Crippen LogP contribution in [0, 0.1) is 0 Å². The van der Waals surface area contributed by atoms with Gasteiger partial charge in [0, 0.05) is 26.2 Å². The van der Waals surface area contributed by atoms with Gasteiger partial charge in [-0.15, -0.1) is 0 Å². The number of carbonyl (C=O) groups excluding carboxylic acids is 2. The van der Waals surface area contributed by atoms with Gasteiger partial charge in [0.2, 0.25) is 11.8 Å². The normalized spacial score (nSPS) is 11.0. The molecule has 0 aliphatic rings. The van der Waals surface area contributed by atoms with Crippen LogP contribution in [0.4, 0.5) is 0 Å². The Hall–Kier alpha value is -2.44. The smallest absolute Gasteiger partial charge is 0.243 e. The summed E-state index contributed by atoms with van der Waals surface area (Å²) in [6.07, 6.45) is 7.38. The van der Waals surface area contributed by atoms with Crippen LogP contribution in [-0.2, 0) is 20.9 Å². The van der Waals surface area contributed by atoms with Crippen LogP contribution in [0.2, 0.25) is 0 Å². The molecule has 0 fully saturated rings. The molecule has 1 aromatic carbocycles. The number of carbonyl (C=O) groups is 2. The van der Waals surface area contributed by atoms with Gasteiger partial charge in [-0.05, 0) is 17.5 Å². The standard InChI is InChI=1S/C17H22N2O4/c1-23-13-15-10-8-14(9-11-15)5-2-3-6-16(20)18-12-4-7-17(21)19-22/h2-3,5-6,8-11,22H,4,7,12-13H2,1H3,(H,18,20)(H,19,21)/b5-2+,6-3+. The second-order valence-corrected chi connectivity index (χ2v) is 4.82. The third-order valence-electron chi connectivity index (χ3n) is 2.94. The molecule has 0 aliphatic heterocycles. The number of amides is 2. The lowest BCUT2D eigenvalue weighted by Crippen LogP contribution is -2.24. The molecular formula is C17H22N2O4. The van der Waals surface area contributed by atoms with E-state index in [1.165, 1.54) is 11.6 Å². The molecule has 1 rings (SSSR count). The molecule has 0 saturated heterocycles. The predicted molar refractivity (Wildman–Crippen MR) is 87.5 cm³/mol. The van der Waals surface area contributed by atoms with Crippen molar-refractivity contribution < 1.29 is 19.5 Å². The van der Waals surface area contributed by atoms with Crippen LogP contribution in [-0.4, -0.2) is 30.7 Å². The molecule has 1 aromatic rings. The van der Waals surface area contributed by atoms with Crippen LogP contribution in [0.25, 0.3) is 6.08 Å². The van der Waals surface area contributed by atoms with Crippen molar-refractivity contribution in [3.8, 4) is 0 Å². The Morgan fingerprint density at radius 3 is 2.61 bits per heavy atom. The summed E-state index contributed by atoms with van der Waals surface area (Å²) in [7, 11) is 1.66. The van der Waals surface area contributed by atoms with Gasteiger partial charge in [0.15, 0.2) is 0 Å². The fraction of sp³-hybridized carbons (Fsp3) is 0.294. The number of hydrogen-bond acceptors (Lipinski definition) is 4. The van der Waals surface area contributed by atoms with Crippen LogP contribution in [0.15, 0.2) is 42.5 Å². The summed E-state index contributed by atoms with van der Waals surface area (Å²) in [5.41, 5.74) is 3.68. The van der Waals surface area contributed by atoms with Gasteiger partial charge in [-0.25, -0.2) is 5.48 Å². The van der Waals surface area contributed by atoms with E-state index < -0.39 is 5.91 Å². The maximum Gasteiger partial charge on any atom is 0.243 e. The number of hydroxylamine groups is 1. The summed E-state index contributed by atoms with van der Waals surface area (Å²) >= 11 is 0. The first-order chi connectivity index (χ1) is 11.2.